The number of hydrogen-bond acceptors (Lipinski definition) is 8. The largest absolute Gasteiger partial charge is 0.474 e. The zero-order valence-electron chi connectivity index (χ0n) is 17.0. The molecule has 3 aliphatic rings. The topological polar surface area (TPSA) is 108 Å². The summed E-state index contributed by atoms with van der Waals surface area (Å²) < 4.78 is 14.0. The third kappa shape index (κ3) is 2.89. The molecule has 1 amide bonds. The number of aromatic nitrogens is 6. The summed E-state index contributed by atoms with van der Waals surface area (Å²) in [5.41, 5.74) is 1.63. The molecule has 0 N–H and O–H groups in total. The maximum Gasteiger partial charge on any atom is 0.257 e. The van der Waals surface area contributed by atoms with Crippen molar-refractivity contribution in [3.8, 4) is 17.3 Å². The lowest BCUT2D eigenvalue weighted by atomic mass is 9.76. The first-order chi connectivity index (χ1) is 15.1. The number of hydrogen-bond donors (Lipinski definition) is 0. The normalized spacial score (nSPS) is 29.3. The van der Waals surface area contributed by atoms with Gasteiger partial charge in [-0.3, -0.25) is 19.4 Å². The van der Waals surface area contributed by atoms with E-state index in [9.17, 15) is 4.79 Å². The molecule has 3 fully saturated rings. The van der Waals surface area contributed by atoms with E-state index in [0.717, 1.165) is 29.9 Å². The Balaban J connectivity index is 1.15. The third-order valence-electron chi connectivity index (χ3n) is 6.37. The monoisotopic (exact) mass is 419 g/mol. The Kier molecular flexibility index (Phi) is 4.04. The predicted molar refractivity (Wildman–Crippen MR) is 106 cm³/mol. The Hall–Kier alpha value is -3.40. The van der Waals surface area contributed by atoms with Crippen LogP contribution < -0.4 is 4.74 Å². The number of carbonyl (C=O) groups is 1. The van der Waals surface area contributed by atoms with E-state index in [2.05, 4.69) is 25.0 Å². The molecule has 2 aliphatic heterocycles. The summed E-state index contributed by atoms with van der Waals surface area (Å²) in [6.07, 6.45) is 10.6. The van der Waals surface area contributed by atoms with Crippen LogP contribution in [0.25, 0.3) is 11.4 Å². The molecule has 1 aliphatic carbocycles. The number of ether oxygens (including phenoxy) is 2. The average Bonchev–Trinajstić information content (AvgIpc) is 3.44. The number of fused-ring (bicyclic) bond motifs is 1. The highest BCUT2D eigenvalue weighted by molar-refractivity contribution is 5.89. The number of rotatable bonds is 4. The molecule has 2 atom stereocenters. The van der Waals surface area contributed by atoms with Crippen molar-refractivity contribution in [1.29, 1.82) is 0 Å². The highest BCUT2D eigenvalue weighted by Gasteiger charge is 2.63. The van der Waals surface area contributed by atoms with Crippen LogP contribution in [0.3, 0.4) is 0 Å². The molecular formula is C21H21N7O3. The van der Waals surface area contributed by atoms with E-state index in [1.54, 1.807) is 35.5 Å². The van der Waals surface area contributed by atoms with E-state index >= 15 is 0 Å². The first kappa shape index (κ1) is 18.4. The summed E-state index contributed by atoms with van der Waals surface area (Å²) in [5, 5.41) is 4.17. The summed E-state index contributed by atoms with van der Waals surface area (Å²) >= 11 is 0. The lowest BCUT2D eigenvalue weighted by Gasteiger charge is -2.41. The highest BCUT2D eigenvalue weighted by atomic mass is 16.6. The fraction of sp³-hybridized carbons (Fsp3) is 0.429. The van der Waals surface area contributed by atoms with Gasteiger partial charge in [0.1, 0.15) is 18.7 Å². The molecule has 158 valence electrons. The number of amides is 1. The van der Waals surface area contributed by atoms with Gasteiger partial charge >= 0.3 is 0 Å². The lowest BCUT2D eigenvalue weighted by Crippen LogP contribution is -2.56. The van der Waals surface area contributed by atoms with Crippen LogP contribution in [-0.4, -0.2) is 58.5 Å². The Morgan fingerprint density at radius 2 is 2.06 bits per heavy atom. The predicted octanol–water partition coefficient (Wildman–Crippen LogP) is 1.67. The van der Waals surface area contributed by atoms with Crippen molar-refractivity contribution in [2.24, 2.45) is 7.05 Å². The van der Waals surface area contributed by atoms with Gasteiger partial charge in [0.2, 0.25) is 5.88 Å². The van der Waals surface area contributed by atoms with Gasteiger partial charge in [-0.05, 0) is 18.9 Å². The molecule has 31 heavy (non-hydrogen) atoms. The molecule has 0 aromatic carbocycles. The maximum atomic E-state index is 13.3. The van der Waals surface area contributed by atoms with Crippen molar-refractivity contribution in [1.82, 2.24) is 34.6 Å². The molecule has 0 unspecified atom stereocenters. The minimum absolute atomic E-state index is 0.0313. The van der Waals surface area contributed by atoms with Gasteiger partial charge in [0.25, 0.3) is 5.91 Å². The minimum atomic E-state index is -0.798. The second-order valence-corrected chi connectivity index (χ2v) is 8.23. The Morgan fingerprint density at radius 1 is 1.16 bits per heavy atom. The van der Waals surface area contributed by atoms with Crippen molar-refractivity contribution in [2.45, 2.75) is 49.7 Å². The molecule has 3 aromatic rings. The van der Waals surface area contributed by atoms with Crippen molar-refractivity contribution < 1.29 is 14.3 Å². The van der Waals surface area contributed by atoms with Gasteiger partial charge in [0, 0.05) is 44.5 Å². The fourth-order valence-corrected chi connectivity index (χ4v) is 4.86. The second kappa shape index (κ2) is 6.81. The SMILES string of the molecule is Cn1nccc1-c1cc(OC2CC3(C2)O[C@@H]2CC[C@@H](c4cnccn4)N2C3=O)ncn1. The number of carbonyl (C=O) groups excluding carboxylic acids is 1. The standard InChI is InChI=1S/C21H21N7O3/c1-27-16(4-5-26-27)14-8-18(25-12-24-14)30-13-9-21(10-13)20(29)28-17(2-3-19(28)31-21)15-11-22-6-7-23-15/h4-8,11-13,17,19H,2-3,9-10H2,1H3/t13?,17-,19+,21?/m0/s1. The molecule has 10 nitrogen and oxygen atoms in total. The maximum absolute atomic E-state index is 13.3. The van der Waals surface area contributed by atoms with Crippen LogP contribution in [0.15, 0.2) is 43.2 Å². The zero-order valence-corrected chi connectivity index (χ0v) is 17.0. The van der Waals surface area contributed by atoms with E-state index in [1.165, 1.54) is 6.33 Å². The average molecular weight is 419 g/mol. The first-order valence-corrected chi connectivity index (χ1v) is 10.4. The van der Waals surface area contributed by atoms with Gasteiger partial charge in [-0.15, -0.1) is 0 Å². The van der Waals surface area contributed by atoms with Gasteiger partial charge in [-0.1, -0.05) is 0 Å². The summed E-state index contributed by atoms with van der Waals surface area (Å²) in [6, 6.07) is 3.60. The molecule has 10 heteroatoms. The van der Waals surface area contributed by atoms with Crippen LogP contribution in [0, 0.1) is 0 Å². The molecular weight excluding hydrogens is 398 g/mol. The molecule has 0 bridgehead atoms. The first-order valence-electron chi connectivity index (χ1n) is 10.4. The molecule has 3 aromatic heterocycles. The van der Waals surface area contributed by atoms with Crippen LogP contribution >= 0.6 is 0 Å². The van der Waals surface area contributed by atoms with Gasteiger partial charge in [0.05, 0.1) is 29.3 Å². The van der Waals surface area contributed by atoms with E-state index in [1.807, 2.05) is 18.0 Å². The van der Waals surface area contributed by atoms with Crippen LogP contribution in [0.1, 0.15) is 37.4 Å². The Labute approximate surface area is 178 Å². The smallest absolute Gasteiger partial charge is 0.257 e. The summed E-state index contributed by atoms with van der Waals surface area (Å²) in [7, 11) is 1.86. The molecule has 1 spiro atoms. The lowest BCUT2D eigenvalue weighted by molar-refractivity contribution is -0.162. The summed E-state index contributed by atoms with van der Waals surface area (Å²) in [6.45, 7) is 0. The molecule has 2 saturated heterocycles. The van der Waals surface area contributed by atoms with E-state index in [4.69, 9.17) is 9.47 Å². The Bertz CT molecular complexity index is 1130. The van der Waals surface area contributed by atoms with Crippen molar-refractivity contribution in [2.75, 3.05) is 0 Å². The van der Waals surface area contributed by atoms with Crippen molar-refractivity contribution >= 4 is 5.91 Å². The quantitative estimate of drug-likeness (QED) is 0.628. The van der Waals surface area contributed by atoms with Gasteiger partial charge < -0.3 is 14.4 Å². The molecule has 0 radical (unpaired) electrons. The van der Waals surface area contributed by atoms with Crippen LogP contribution in [-0.2, 0) is 16.6 Å². The molecule has 1 saturated carbocycles. The third-order valence-corrected chi connectivity index (χ3v) is 6.37. The van der Waals surface area contributed by atoms with Crippen LogP contribution in [0.4, 0.5) is 0 Å². The van der Waals surface area contributed by atoms with Crippen molar-refractivity contribution in [3.63, 3.8) is 0 Å². The van der Waals surface area contributed by atoms with E-state index in [-0.39, 0.29) is 24.3 Å². The number of nitrogens with zero attached hydrogens (tertiary/aromatic N) is 7. The zero-order chi connectivity index (χ0) is 21.0. The molecule has 5 heterocycles. The second-order valence-electron chi connectivity index (χ2n) is 8.23. The van der Waals surface area contributed by atoms with Crippen molar-refractivity contribution in [3.05, 3.63) is 48.9 Å². The van der Waals surface area contributed by atoms with Gasteiger partial charge in [-0.2, -0.15) is 5.10 Å². The minimum Gasteiger partial charge on any atom is -0.474 e. The number of aryl methyl sites for hydroxylation is 1. The van der Waals surface area contributed by atoms with Gasteiger partial charge in [0.15, 0.2) is 5.60 Å². The summed E-state index contributed by atoms with van der Waals surface area (Å²) in [5.74, 6) is 0.512. The highest BCUT2D eigenvalue weighted by Crippen LogP contribution is 2.51. The van der Waals surface area contributed by atoms with E-state index in [0.29, 0.717) is 18.7 Å². The van der Waals surface area contributed by atoms with Crippen LogP contribution in [0.5, 0.6) is 5.88 Å². The molecule has 6 rings (SSSR count). The van der Waals surface area contributed by atoms with E-state index < -0.39 is 5.60 Å². The van der Waals surface area contributed by atoms with Crippen LogP contribution in [0.2, 0.25) is 0 Å². The Morgan fingerprint density at radius 3 is 2.84 bits per heavy atom. The fourth-order valence-electron chi connectivity index (χ4n) is 4.86. The summed E-state index contributed by atoms with van der Waals surface area (Å²) in [4.78, 5) is 32.2. The van der Waals surface area contributed by atoms with Gasteiger partial charge in [-0.25, -0.2) is 9.97 Å².